The number of ketones is 1. The number of hydrogen-bond donors (Lipinski definition) is 1. The van der Waals surface area contributed by atoms with Gasteiger partial charge in [0.15, 0.2) is 5.78 Å². The van der Waals surface area contributed by atoms with Crippen molar-refractivity contribution in [3.8, 4) is 0 Å². The number of likely N-dealkylation sites (N-methyl/N-ethyl adjacent to an activating group) is 1. The number of ether oxygens (including phenoxy) is 1. The number of Topliss-reactive ketones (excluding diaryl/α,β-unsaturated/α-hetero) is 1. The molecule has 0 aromatic heterocycles. The van der Waals surface area contributed by atoms with E-state index in [0.29, 0.717) is 18.8 Å². The molecule has 1 aromatic rings. The van der Waals surface area contributed by atoms with Gasteiger partial charge in [-0.2, -0.15) is 0 Å². The van der Waals surface area contributed by atoms with Gasteiger partial charge in [-0.25, -0.2) is 4.39 Å². The van der Waals surface area contributed by atoms with Crippen molar-refractivity contribution in [1.82, 2.24) is 5.32 Å². The molecule has 1 aromatic carbocycles. The van der Waals surface area contributed by atoms with Crippen LogP contribution in [0.1, 0.15) is 10.4 Å². The highest BCUT2D eigenvalue weighted by Gasteiger charge is 2.18. The van der Waals surface area contributed by atoms with Gasteiger partial charge in [0.05, 0.1) is 19.8 Å². The van der Waals surface area contributed by atoms with Crippen LogP contribution in [-0.2, 0) is 4.74 Å². The highest BCUT2D eigenvalue weighted by molar-refractivity contribution is 6.02. The summed E-state index contributed by atoms with van der Waals surface area (Å²) in [4.78, 5) is 14.0. The summed E-state index contributed by atoms with van der Waals surface area (Å²) in [7, 11) is 1.70. The zero-order chi connectivity index (χ0) is 13.0. The summed E-state index contributed by atoms with van der Waals surface area (Å²) in [6, 6.07) is 4.37. The molecule has 5 heteroatoms. The number of rotatable bonds is 4. The van der Waals surface area contributed by atoms with Crippen LogP contribution in [0, 0.1) is 5.82 Å². The SMILES string of the molecule is CNCC(=O)c1cc(F)ccc1N1CCOCC1. The maximum Gasteiger partial charge on any atom is 0.178 e. The van der Waals surface area contributed by atoms with Gasteiger partial charge in [0.1, 0.15) is 5.82 Å². The van der Waals surface area contributed by atoms with Crippen LogP contribution in [0.15, 0.2) is 18.2 Å². The lowest BCUT2D eigenvalue weighted by molar-refractivity contribution is 0.0991. The fraction of sp³-hybridized carbons (Fsp3) is 0.462. The summed E-state index contributed by atoms with van der Waals surface area (Å²) in [5.74, 6) is -0.482. The number of hydrogen-bond acceptors (Lipinski definition) is 4. The Morgan fingerprint density at radius 1 is 1.44 bits per heavy atom. The van der Waals surface area contributed by atoms with E-state index in [1.165, 1.54) is 12.1 Å². The molecule has 0 atom stereocenters. The smallest absolute Gasteiger partial charge is 0.178 e. The second-order valence-corrected chi connectivity index (χ2v) is 4.21. The van der Waals surface area contributed by atoms with Gasteiger partial charge in [-0.15, -0.1) is 0 Å². The molecule has 18 heavy (non-hydrogen) atoms. The number of nitrogens with one attached hydrogen (secondary N) is 1. The minimum atomic E-state index is -0.383. The largest absolute Gasteiger partial charge is 0.378 e. The van der Waals surface area contributed by atoms with Crippen molar-refractivity contribution in [3.05, 3.63) is 29.6 Å². The Labute approximate surface area is 106 Å². The maximum atomic E-state index is 13.3. The summed E-state index contributed by atoms with van der Waals surface area (Å²) < 4.78 is 18.6. The van der Waals surface area contributed by atoms with E-state index in [4.69, 9.17) is 4.74 Å². The molecule has 98 valence electrons. The monoisotopic (exact) mass is 252 g/mol. The predicted octanol–water partition coefficient (Wildman–Crippen LogP) is 1.06. The third-order valence-corrected chi connectivity index (χ3v) is 2.95. The molecule has 4 nitrogen and oxygen atoms in total. The molecule has 0 unspecified atom stereocenters. The molecule has 1 aliphatic rings. The average molecular weight is 252 g/mol. The Balaban J connectivity index is 2.30. The number of anilines is 1. The van der Waals surface area contributed by atoms with E-state index in [2.05, 4.69) is 10.2 Å². The highest BCUT2D eigenvalue weighted by Crippen LogP contribution is 2.23. The maximum absolute atomic E-state index is 13.3. The third-order valence-electron chi connectivity index (χ3n) is 2.95. The van der Waals surface area contributed by atoms with Crippen molar-refractivity contribution in [3.63, 3.8) is 0 Å². The number of benzene rings is 1. The molecule has 2 rings (SSSR count). The predicted molar refractivity (Wildman–Crippen MR) is 67.7 cm³/mol. The summed E-state index contributed by atoms with van der Waals surface area (Å²) in [5.41, 5.74) is 1.23. The van der Waals surface area contributed by atoms with E-state index in [0.717, 1.165) is 18.8 Å². The molecular formula is C13H17FN2O2. The van der Waals surface area contributed by atoms with Crippen LogP contribution in [-0.4, -0.2) is 45.7 Å². The first-order valence-corrected chi connectivity index (χ1v) is 6.02. The second kappa shape index (κ2) is 5.93. The molecule has 1 aliphatic heterocycles. The lowest BCUT2D eigenvalue weighted by atomic mass is 10.1. The van der Waals surface area contributed by atoms with Gasteiger partial charge >= 0.3 is 0 Å². The minimum absolute atomic E-state index is 0.0986. The Hall–Kier alpha value is -1.46. The van der Waals surface area contributed by atoms with E-state index >= 15 is 0 Å². The van der Waals surface area contributed by atoms with E-state index in [1.54, 1.807) is 13.1 Å². The van der Waals surface area contributed by atoms with Gasteiger partial charge < -0.3 is 15.0 Å². The lowest BCUT2D eigenvalue weighted by Crippen LogP contribution is -2.37. The molecule has 1 fully saturated rings. The van der Waals surface area contributed by atoms with E-state index in [-0.39, 0.29) is 18.1 Å². The Kier molecular flexibility index (Phi) is 4.28. The number of morpholine rings is 1. The van der Waals surface area contributed by atoms with Crippen LogP contribution in [0.2, 0.25) is 0 Å². The van der Waals surface area contributed by atoms with Gasteiger partial charge in [0.25, 0.3) is 0 Å². The first-order valence-electron chi connectivity index (χ1n) is 6.02. The van der Waals surface area contributed by atoms with Gasteiger partial charge in [-0.05, 0) is 25.2 Å². The van der Waals surface area contributed by atoms with Gasteiger partial charge in [-0.1, -0.05) is 0 Å². The Bertz CT molecular complexity index is 431. The van der Waals surface area contributed by atoms with Crippen LogP contribution in [0.4, 0.5) is 10.1 Å². The molecular weight excluding hydrogens is 235 g/mol. The van der Waals surface area contributed by atoms with Crippen LogP contribution in [0.5, 0.6) is 0 Å². The third kappa shape index (κ3) is 2.86. The van der Waals surface area contributed by atoms with Crippen LogP contribution in [0.25, 0.3) is 0 Å². The van der Waals surface area contributed by atoms with Crippen LogP contribution >= 0.6 is 0 Å². The Morgan fingerprint density at radius 2 is 2.17 bits per heavy atom. The minimum Gasteiger partial charge on any atom is -0.378 e. The normalized spacial score (nSPS) is 15.8. The molecule has 0 amide bonds. The molecule has 0 spiro atoms. The van der Waals surface area contributed by atoms with Gasteiger partial charge in [0, 0.05) is 24.3 Å². The van der Waals surface area contributed by atoms with E-state index in [9.17, 15) is 9.18 Å². The lowest BCUT2D eigenvalue weighted by Gasteiger charge is -2.30. The summed E-state index contributed by atoms with van der Waals surface area (Å²) in [5, 5.41) is 2.80. The molecule has 0 aliphatic carbocycles. The highest BCUT2D eigenvalue weighted by atomic mass is 19.1. The van der Waals surface area contributed by atoms with Crippen molar-refractivity contribution < 1.29 is 13.9 Å². The van der Waals surface area contributed by atoms with Crippen molar-refractivity contribution >= 4 is 11.5 Å². The second-order valence-electron chi connectivity index (χ2n) is 4.21. The molecule has 0 radical (unpaired) electrons. The molecule has 0 bridgehead atoms. The van der Waals surface area contributed by atoms with Crippen molar-refractivity contribution in [1.29, 1.82) is 0 Å². The van der Waals surface area contributed by atoms with E-state index < -0.39 is 0 Å². The topological polar surface area (TPSA) is 41.6 Å². The van der Waals surface area contributed by atoms with Crippen molar-refractivity contribution in [2.45, 2.75) is 0 Å². The fourth-order valence-electron chi connectivity index (χ4n) is 2.07. The number of carbonyl (C=O) groups is 1. The average Bonchev–Trinajstić information content (AvgIpc) is 2.40. The zero-order valence-electron chi connectivity index (χ0n) is 10.4. The standard InChI is InChI=1S/C13H17FN2O2/c1-15-9-13(17)11-8-10(14)2-3-12(11)16-4-6-18-7-5-16/h2-3,8,15H,4-7,9H2,1H3. The zero-order valence-corrected chi connectivity index (χ0v) is 10.4. The molecule has 1 heterocycles. The molecule has 0 saturated carbocycles. The summed E-state index contributed by atoms with van der Waals surface area (Å²) >= 11 is 0. The van der Waals surface area contributed by atoms with Crippen molar-refractivity contribution in [2.75, 3.05) is 44.8 Å². The molecule has 1 N–H and O–H groups in total. The number of halogens is 1. The first kappa shape index (κ1) is 13.0. The van der Waals surface area contributed by atoms with Gasteiger partial charge in [0.2, 0.25) is 0 Å². The van der Waals surface area contributed by atoms with Crippen LogP contribution in [0.3, 0.4) is 0 Å². The van der Waals surface area contributed by atoms with Crippen molar-refractivity contribution in [2.24, 2.45) is 0 Å². The van der Waals surface area contributed by atoms with Crippen LogP contribution < -0.4 is 10.2 Å². The summed E-state index contributed by atoms with van der Waals surface area (Å²) in [6.45, 7) is 2.94. The number of carbonyl (C=O) groups excluding carboxylic acids is 1. The number of nitrogens with zero attached hydrogens (tertiary/aromatic N) is 1. The van der Waals surface area contributed by atoms with E-state index in [1.807, 2.05) is 0 Å². The quantitative estimate of drug-likeness (QED) is 0.814. The fourth-order valence-corrected chi connectivity index (χ4v) is 2.07. The first-order chi connectivity index (χ1) is 8.72. The van der Waals surface area contributed by atoms with Gasteiger partial charge in [-0.3, -0.25) is 4.79 Å². The Morgan fingerprint density at radius 3 is 2.83 bits per heavy atom. The summed E-state index contributed by atoms with van der Waals surface area (Å²) in [6.07, 6.45) is 0. The molecule has 1 saturated heterocycles.